The maximum absolute atomic E-state index is 12.9. The SMILES string of the molecule is CC/C=C\C/C=C\C/C=C\C/C=C\C/C=C\C/C=C\CCCCCCCCC(=O)OC(COC(=O)CCCCCCCCCC)COC(=O)CCCCCCCCCCCCCCCCC/C=C\CCCCCCCCCC. The third kappa shape index (κ3) is 63.4. The van der Waals surface area contributed by atoms with Gasteiger partial charge in [0.2, 0.25) is 0 Å². The fourth-order valence-electron chi connectivity index (χ4n) is 9.62. The van der Waals surface area contributed by atoms with Crippen molar-refractivity contribution in [2.45, 2.75) is 341 Å². The van der Waals surface area contributed by atoms with Gasteiger partial charge in [-0.05, 0) is 96.3 Å². The Morgan fingerprint density at radius 1 is 0.269 bits per heavy atom. The first-order valence-electron chi connectivity index (χ1n) is 33.6. The summed E-state index contributed by atoms with van der Waals surface area (Å²) in [6.45, 7) is 6.52. The summed E-state index contributed by atoms with van der Waals surface area (Å²) in [6.07, 6.45) is 87.6. The quantitative estimate of drug-likeness (QED) is 0.0261. The van der Waals surface area contributed by atoms with E-state index >= 15 is 0 Å². The molecule has 0 aliphatic rings. The molecule has 1 atom stereocenters. The first-order chi connectivity index (χ1) is 38.5. The summed E-state index contributed by atoms with van der Waals surface area (Å²) in [6, 6.07) is 0. The highest BCUT2D eigenvalue weighted by molar-refractivity contribution is 5.71. The molecule has 1 unspecified atom stereocenters. The lowest BCUT2D eigenvalue weighted by atomic mass is 10.0. The molecule has 0 aliphatic heterocycles. The summed E-state index contributed by atoms with van der Waals surface area (Å²) < 4.78 is 16.9. The minimum Gasteiger partial charge on any atom is -0.462 e. The molecule has 78 heavy (non-hydrogen) atoms. The first kappa shape index (κ1) is 74.6. The van der Waals surface area contributed by atoms with Gasteiger partial charge in [-0.1, -0.05) is 305 Å². The van der Waals surface area contributed by atoms with E-state index in [1.165, 1.54) is 186 Å². The van der Waals surface area contributed by atoms with Gasteiger partial charge in [0.25, 0.3) is 0 Å². The molecule has 0 aromatic rings. The van der Waals surface area contributed by atoms with Crippen LogP contribution in [0.2, 0.25) is 0 Å². The van der Waals surface area contributed by atoms with Gasteiger partial charge >= 0.3 is 17.9 Å². The van der Waals surface area contributed by atoms with Crippen LogP contribution in [-0.2, 0) is 28.6 Å². The number of carbonyl (C=O) groups excluding carboxylic acids is 3. The Morgan fingerprint density at radius 2 is 0.500 bits per heavy atom. The maximum atomic E-state index is 12.9. The fourth-order valence-corrected chi connectivity index (χ4v) is 9.62. The molecule has 0 fully saturated rings. The molecule has 0 spiro atoms. The zero-order chi connectivity index (χ0) is 56.4. The van der Waals surface area contributed by atoms with Crippen molar-refractivity contribution in [3.05, 3.63) is 85.1 Å². The van der Waals surface area contributed by atoms with Crippen LogP contribution in [0.4, 0.5) is 0 Å². The maximum Gasteiger partial charge on any atom is 0.306 e. The van der Waals surface area contributed by atoms with Gasteiger partial charge < -0.3 is 14.2 Å². The van der Waals surface area contributed by atoms with E-state index in [2.05, 4.69) is 106 Å². The van der Waals surface area contributed by atoms with E-state index < -0.39 is 6.10 Å². The fraction of sp³-hybridized carbons (Fsp3) is 0.764. The number of hydrogen-bond donors (Lipinski definition) is 0. The molecule has 6 nitrogen and oxygen atoms in total. The molecule has 0 radical (unpaired) electrons. The molecular formula is C72H126O6. The van der Waals surface area contributed by atoms with Crippen LogP contribution in [0, 0.1) is 0 Å². The van der Waals surface area contributed by atoms with Crippen LogP contribution in [0.1, 0.15) is 335 Å². The van der Waals surface area contributed by atoms with E-state index in [1.807, 2.05) is 0 Å². The van der Waals surface area contributed by atoms with E-state index in [0.717, 1.165) is 109 Å². The molecule has 0 bridgehead atoms. The first-order valence-corrected chi connectivity index (χ1v) is 33.6. The Labute approximate surface area is 484 Å². The van der Waals surface area contributed by atoms with Gasteiger partial charge in [0, 0.05) is 19.3 Å². The summed E-state index contributed by atoms with van der Waals surface area (Å²) in [5.74, 6) is -0.885. The van der Waals surface area contributed by atoms with Crippen LogP contribution < -0.4 is 0 Å². The zero-order valence-corrected chi connectivity index (χ0v) is 51.7. The molecule has 0 N–H and O–H groups in total. The van der Waals surface area contributed by atoms with Crippen molar-refractivity contribution in [1.29, 1.82) is 0 Å². The van der Waals surface area contributed by atoms with Crippen LogP contribution >= 0.6 is 0 Å². The third-order valence-corrected chi connectivity index (χ3v) is 14.6. The van der Waals surface area contributed by atoms with Crippen LogP contribution in [0.3, 0.4) is 0 Å². The van der Waals surface area contributed by atoms with Crippen LogP contribution in [0.5, 0.6) is 0 Å². The molecule has 0 aliphatic carbocycles. The number of ether oxygens (including phenoxy) is 3. The average molecular weight is 1090 g/mol. The number of rotatable bonds is 61. The number of unbranched alkanes of at least 4 members (excludes halogenated alkanes) is 36. The Bertz CT molecular complexity index is 1480. The summed E-state index contributed by atoms with van der Waals surface area (Å²) in [5, 5.41) is 0. The molecule has 0 aromatic carbocycles. The molecule has 6 heteroatoms. The Kier molecular flexibility index (Phi) is 63.2. The van der Waals surface area contributed by atoms with Gasteiger partial charge in [0.1, 0.15) is 13.2 Å². The van der Waals surface area contributed by atoms with Crippen molar-refractivity contribution < 1.29 is 28.6 Å². The van der Waals surface area contributed by atoms with Gasteiger partial charge in [0.05, 0.1) is 0 Å². The van der Waals surface area contributed by atoms with Crippen molar-refractivity contribution in [2.24, 2.45) is 0 Å². The number of allylic oxidation sites excluding steroid dienone is 14. The summed E-state index contributed by atoms with van der Waals surface area (Å²) in [5.41, 5.74) is 0. The minimum absolute atomic E-state index is 0.0797. The van der Waals surface area contributed by atoms with Crippen molar-refractivity contribution >= 4 is 17.9 Å². The Balaban J connectivity index is 4.17. The molecule has 0 aromatic heterocycles. The smallest absolute Gasteiger partial charge is 0.306 e. The second-order valence-electron chi connectivity index (χ2n) is 22.4. The van der Waals surface area contributed by atoms with Gasteiger partial charge in [0.15, 0.2) is 6.10 Å². The number of esters is 3. The van der Waals surface area contributed by atoms with E-state index in [1.54, 1.807) is 0 Å². The van der Waals surface area contributed by atoms with Gasteiger partial charge in [-0.3, -0.25) is 14.4 Å². The van der Waals surface area contributed by atoms with Crippen LogP contribution in [0.25, 0.3) is 0 Å². The minimum atomic E-state index is -0.783. The van der Waals surface area contributed by atoms with Crippen molar-refractivity contribution in [2.75, 3.05) is 13.2 Å². The topological polar surface area (TPSA) is 78.9 Å². The van der Waals surface area contributed by atoms with E-state index in [0.29, 0.717) is 19.3 Å². The van der Waals surface area contributed by atoms with E-state index in [9.17, 15) is 14.4 Å². The van der Waals surface area contributed by atoms with Crippen LogP contribution in [0.15, 0.2) is 85.1 Å². The van der Waals surface area contributed by atoms with Gasteiger partial charge in [-0.15, -0.1) is 0 Å². The van der Waals surface area contributed by atoms with E-state index in [-0.39, 0.29) is 31.1 Å². The summed E-state index contributed by atoms with van der Waals surface area (Å²) >= 11 is 0. The lowest BCUT2D eigenvalue weighted by Crippen LogP contribution is -2.30. The predicted molar refractivity (Wildman–Crippen MR) is 339 cm³/mol. The standard InChI is InChI=1S/C72H126O6/c1-4-7-10-13-16-19-21-23-25-27-29-31-33-35-36-38-39-41-43-45-47-49-51-53-56-59-62-65-71(74)77-68-69(67-76-70(73)64-61-58-55-18-15-12-9-6-3)78-72(75)66-63-60-57-54-52-50-48-46-44-42-40-37-34-32-30-28-26-24-22-20-17-14-11-8-5-2/h8,11,17,20,24,26-27,29-30,32,37,40,44,46,69H,4-7,9-10,12-16,18-19,21-23,25,28,31,33-36,38-39,41-43,45,47-68H2,1-3H3/b11-8-,20-17-,26-24-,29-27-,32-30-,40-37-,46-44-. The highest BCUT2D eigenvalue weighted by atomic mass is 16.6. The van der Waals surface area contributed by atoms with Crippen LogP contribution in [-0.4, -0.2) is 37.2 Å². The van der Waals surface area contributed by atoms with Crippen molar-refractivity contribution in [3.63, 3.8) is 0 Å². The summed E-state index contributed by atoms with van der Waals surface area (Å²) in [4.78, 5) is 38.2. The molecule has 0 saturated heterocycles. The zero-order valence-electron chi connectivity index (χ0n) is 51.7. The predicted octanol–water partition coefficient (Wildman–Crippen LogP) is 23.1. The molecular weight excluding hydrogens is 961 g/mol. The largest absolute Gasteiger partial charge is 0.462 e. The second-order valence-corrected chi connectivity index (χ2v) is 22.4. The monoisotopic (exact) mass is 1090 g/mol. The second kappa shape index (κ2) is 66.1. The highest BCUT2D eigenvalue weighted by Gasteiger charge is 2.19. The Hall–Kier alpha value is -3.41. The molecule has 0 heterocycles. The molecule has 0 rings (SSSR count). The lowest BCUT2D eigenvalue weighted by molar-refractivity contribution is -0.167. The Morgan fingerprint density at radius 3 is 0.795 bits per heavy atom. The highest BCUT2D eigenvalue weighted by Crippen LogP contribution is 2.17. The molecule has 450 valence electrons. The average Bonchev–Trinajstić information content (AvgIpc) is 3.44. The van der Waals surface area contributed by atoms with Gasteiger partial charge in [-0.2, -0.15) is 0 Å². The molecule has 0 saturated carbocycles. The van der Waals surface area contributed by atoms with Gasteiger partial charge in [-0.25, -0.2) is 0 Å². The third-order valence-electron chi connectivity index (χ3n) is 14.6. The van der Waals surface area contributed by atoms with E-state index in [4.69, 9.17) is 14.2 Å². The number of carbonyl (C=O) groups is 3. The van der Waals surface area contributed by atoms with Crippen molar-refractivity contribution in [1.82, 2.24) is 0 Å². The van der Waals surface area contributed by atoms with Crippen molar-refractivity contribution in [3.8, 4) is 0 Å². The summed E-state index contributed by atoms with van der Waals surface area (Å²) in [7, 11) is 0. The molecule has 0 amide bonds. The normalized spacial score (nSPS) is 12.6. The lowest BCUT2D eigenvalue weighted by Gasteiger charge is -2.18. The number of hydrogen-bond acceptors (Lipinski definition) is 6.